The maximum absolute atomic E-state index is 12.4. The van der Waals surface area contributed by atoms with Crippen molar-refractivity contribution in [2.24, 2.45) is 0 Å². The lowest BCUT2D eigenvalue weighted by Crippen LogP contribution is -2.14. The molecule has 0 atom stereocenters. The Morgan fingerprint density at radius 3 is 2.33 bits per heavy atom. The zero-order valence-electron chi connectivity index (χ0n) is 13.6. The van der Waals surface area contributed by atoms with E-state index in [1.165, 1.54) is 19.3 Å². The molecule has 0 aliphatic rings. The zero-order chi connectivity index (χ0) is 20.1. The number of amides is 1. The van der Waals surface area contributed by atoms with E-state index in [1.807, 2.05) is 0 Å². The van der Waals surface area contributed by atoms with Gasteiger partial charge in [0.25, 0.3) is 11.6 Å². The van der Waals surface area contributed by atoms with Crippen molar-refractivity contribution in [3.05, 3.63) is 66.7 Å². The number of halogens is 3. The molecule has 0 saturated carbocycles. The van der Waals surface area contributed by atoms with Crippen molar-refractivity contribution in [3.8, 4) is 11.8 Å². The third kappa shape index (κ3) is 4.89. The van der Waals surface area contributed by atoms with E-state index < -0.39 is 10.8 Å². The van der Waals surface area contributed by atoms with E-state index in [2.05, 4.69) is 5.32 Å². The van der Waals surface area contributed by atoms with Crippen LogP contribution in [-0.2, 0) is 4.79 Å². The number of anilines is 1. The second kappa shape index (κ2) is 8.73. The number of nitrogens with one attached hydrogen (secondary N) is 1. The summed E-state index contributed by atoms with van der Waals surface area (Å²) in [7, 11) is 1.46. The standard InChI is InChI=1S/C17H10Cl3N3O4/c1-27-15-3-2-9(5-12(15)18)4-10(8-21)17(24)22-16-13(19)6-11(23(25)26)7-14(16)20/h2-7H,1H3,(H,22,24)/b10-4+. The highest BCUT2D eigenvalue weighted by Crippen LogP contribution is 2.35. The molecule has 1 amide bonds. The van der Waals surface area contributed by atoms with E-state index >= 15 is 0 Å². The SMILES string of the molecule is COc1ccc(/C=C(\C#N)C(=O)Nc2c(Cl)cc([N+](=O)[O-])cc2Cl)cc1Cl. The average molecular weight is 427 g/mol. The van der Waals surface area contributed by atoms with E-state index in [9.17, 15) is 20.2 Å². The van der Waals surface area contributed by atoms with Crippen molar-refractivity contribution in [1.82, 2.24) is 0 Å². The quantitative estimate of drug-likeness (QED) is 0.309. The minimum Gasteiger partial charge on any atom is -0.495 e. The lowest BCUT2D eigenvalue weighted by molar-refractivity contribution is -0.384. The van der Waals surface area contributed by atoms with Gasteiger partial charge in [0.05, 0.1) is 32.8 Å². The fourth-order valence-electron chi connectivity index (χ4n) is 2.05. The van der Waals surface area contributed by atoms with Crippen LogP contribution in [0.15, 0.2) is 35.9 Å². The summed E-state index contributed by atoms with van der Waals surface area (Å²) >= 11 is 17.9. The van der Waals surface area contributed by atoms with Crippen LogP contribution in [0.3, 0.4) is 0 Å². The van der Waals surface area contributed by atoms with Gasteiger partial charge in [0.2, 0.25) is 0 Å². The van der Waals surface area contributed by atoms with E-state index in [0.29, 0.717) is 16.3 Å². The number of hydrogen-bond donors (Lipinski definition) is 1. The van der Waals surface area contributed by atoms with Crippen molar-refractivity contribution in [2.75, 3.05) is 12.4 Å². The molecule has 2 aromatic rings. The Labute approximate surface area is 168 Å². The molecular formula is C17H10Cl3N3O4. The fourth-order valence-corrected chi connectivity index (χ4v) is 2.89. The second-order valence-corrected chi connectivity index (χ2v) is 6.28. The van der Waals surface area contributed by atoms with Gasteiger partial charge < -0.3 is 10.1 Å². The van der Waals surface area contributed by atoms with Gasteiger partial charge >= 0.3 is 0 Å². The highest BCUT2D eigenvalue weighted by molar-refractivity contribution is 6.40. The number of nitro groups is 1. The van der Waals surface area contributed by atoms with Crippen molar-refractivity contribution >= 4 is 58.2 Å². The van der Waals surface area contributed by atoms with Crippen molar-refractivity contribution in [3.63, 3.8) is 0 Å². The first-order chi connectivity index (χ1) is 12.8. The summed E-state index contributed by atoms with van der Waals surface area (Å²) in [5.41, 5.74) is -0.120. The zero-order valence-corrected chi connectivity index (χ0v) is 15.9. The molecule has 0 heterocycles. The van der Waals surface area contributed by atoms with Crippen LogP contribution < -0.4 is 10.1 Å². The number of hydrogen-bond acceptors (Lipinski definition) is 5. The molecule has 0 aliphatic carbocycles. The van der Waals surface area contributed by atoms with Crippen LogP contribution in [0.2, 0.25) is 15.1 Å². The minimum absolute atomic E-state index is 0.0390. The van der Waals surface area contributed by atoms with Gasteiger partial charge in [-0.2, -0.15) is 5.26 Å². The number of benzene rings is 2. The molecule has 2 rings (SSSR count). The molecule has 10 heteroatoms. The summed E-state index contributed by atoms with van der Waals surface area (Å²) in [4.78, 5) is 22.5. The van der Waals surface area contributed by atoms with Gasteiger partial charge in [-0.05, 0) is 23.8 Å². The number of nitriles is 1. The number of rotatable bonds is 5. The molecular weight excluding hydrogens is 417 g/mol. The van der Waals surface area contributed by atoms with Gasteiger partial charge in [-0.25, -0.2) is 0 Å². The van der Waals surface area contributed by atoms with Crippen LogP contribution in [0.5, 0.6) is 5.75 Å². The number of nitrogens with zero attached hydrogens (tertiary/aromatic N) is 2. The summed E-state index contributed by atoms with van der Waals surface area (Å²) in [6, 6.07) is 8.58. The number of carbonyl (C=O) groups is 1. The Balaban J connectivity index is 2.32. The van der Waals surface area contributed by atoms with Gasteiger partial charge in [0.1, 0.15) is 17.4 Å². The fraction of sp³-hybridized carbons (Fsp3) is 0.0588. The van der Waals surface area contributed by atoms with Crippen molar-refractivity contribution in [2.45, 2.75) is 0 Å². The van der Waals surface area contributed by atoms with Gasteiger partial charge in [0, 0.05) is 12.1 Å². The monoisotopic (exact) mass is 425 g/mol. The van der Waals surface area contributed by atoms with E-state index in [1.54, 1.807) is 18.2 Å². The summed E-state index contributed by atoms with van der Waals surface area (Å²) in [6.45, 7) is 0. The smallest absolute Gasteiger partial charge is 0.272 e. The third-order valence-corrected chi connectivity index (χ3v) is 4.22. The Morgan fingerprint density at radius 2 is 1.85 bits per heavy atom. The Kier molecular flexibility index (Phi) is 6.64. The molecule has 0 fully saturated rings. The first kappa shape index (κ1) is 20.5. The molecule has 0 aromatic heterocycles. The second-order valence-electron chi connectivity index (χ2n) is 5.06. The molecule has 0 saturated heterocycles. The Hall–Kier alpha value is -2.79. The number of ether oxygens (including phenoxy) is 1. The maximum atomic E-state index is 12.4. The van der Waals surface area contributed by atoms with Crippen molar-refractivity contribution in [1.29, 1.82) is 5.26 Å². The van der Waals surface area contributed by atoms with E-state index in [-0.39, 0.29) is 27.0 Å². The van der Waals surface area contributed by atoms with Crippen LogP contribution in [0.1, 0.15) is 5.56 Å². The van der Waals surface area contributed by atoms with Crippen LogP contribution in [0, 0.1) is 21.4 Å². The number of nitro benzene ring substituents is 1. The molecule has 1 N–H and O–H groups in total. The average Bonchev–Trinajstić information content (AvgIpc) is 2.62. The van der Waals surface area contributed by atoms with Gasteiger partial charge in [-0.15, -0.1) is 0 Å². The lowest BCUT2D eigenvalue weighted by Gasteiger charge is -2.09. The molecule has 0 radical (unpaired) electrons. The lowest BCUT2D eigenvalue weighted by atomic mass is 10.1. The van der Waals surface area contributed by atoms with Crippen LogP contribution in [0.25, 0.3) is 6.08 Å². The summed E-state index contributed by atoms with van der Waals surface area (Å²) < 4.78 is 5.04. The van der Waals surface area contributed by atoms with Crippen LogP contribution in [-0.4, -0.2) is 17.9 Å². The summed E-state index contributed by atoms with van der Waals surface area (Å²) in [6.07, 6.45) is 1.31. The predicted molar refractivity (Wildman–Crippen MR) is 103 cm³/mol. The summed E-state index contributed by atoms with van der Waals surface area (Å²) in [5, 5.41) is 22.5. The highest BCUT2D eigenvalue weighted by atomic mass is 35.5. The first-order valence-electron chi connectivity index (χ1n) is 7.17. The number of methoxy groups -OCH3 is 1. The summed E-state index contributed by atoms with van der Waals surface area (Å²) in [5.74, 6) is -0.344. The molecule has 27 heavy (non-hydrogen) atoms. The molecule has 0 spiro atoms. The Bertz CT molecular complexity index is 976. The van der Waals surface area contributed by atoms with Crippen LogP contribution in [0.4, 0.5) is 11.4 Å². The number of carbonyl (C=O) groups excluding carboxylic acids is 1. The topological polar surface area (TPSA) is 105 Å². The number of non-ortho nitro benzene ring substituents is 1. The van der Waals surface area contributed by atoms with Gasteiger partial charge in [0.15, 0.2) is 0 Å². The molecule has 7 nitrogen and oxygen atoms in total. The van der Waals surface area contributed by atoms with Crippen molar-refractivity contribution < 1.29 is 14.5 Å². The molecule has 138 valence electrons. The van der Waals surface area contributed by atoms with Crippen LogP contribution >= 0.6 is 34.8 Å². The largest absolute Gasteiger partial charge is 0.495 e. The van der Waals surface area contributed by atoms with Gasteiger partial charge in [-0.3, -0.25) is 14.9 Å². The minimum atomic E-state index is -0.790. The maximum Gasteiger partial charge on any atom is 0.272 e. The van der Waals surface area contributed by atoms with E-state index in [0.717, 1.165) is 12.1 Å². The van der Waals surface area contributed by atoms with E-state index in [4.69, 9.17) is 39.5 Å². The molecule has 0 bridgehead atoms. The third-order valence-electron chi connectivity index (χ3n) is 3.33. The molecule has 0 unspecified atom stereocenters. The first-order valence-corrected chi connectivity index (χ1v) is 8.30. The Morgan fingerprint density at radius 1 is 1.22 bits per heavy atom. The molecule has 0 aliphatic heterocycles. The normalized spacial score (nSPS) is 10.9. The van der Waals surface area contributed by atoms with Gasteiger partial charge in [-0.1, -0.05) is 40.9 Å². The highest BCUT2D eigenvalue weighted by Gasteiger charge is 2.18. The predicted octanol–water partition coefficient (Wildman–Crippen LogP) is 5.11. The molecule has 2 aromatic carbocycles.